The Labute approximate surface area is 109 Å². The largest absolute Gasteiger partial charge is 0.396 e. The monoisotopic (exact) mass is 251 g/mol. The van der Waals surface area contributed by atoms with Crippen molar-refractivity contribution in [1.29, 1.82) is 0 Å². The van der Waals surface area contributed by atoms with E-state index in [1.165, 1.54) is 25.0 Å². The lowest BCUT2D eigenvalue weighted by atomic mass is 9.85. The highest BCUT2D eigenvalue weighted by molar-refractivity contribution is 5.09. The van der Waals surface area contributed by atoms with E-state index in [9.17, 15) is 5.11 Å². The summed E-state index contributed by atoms with van der Waals surface area (Å²) in [6.45, 7) is 6.23. The quantitative estimate of drug-likeness (QED) is 0.839. The predicted octanol–water partition coefficient (Wildman–Crippen LogP) is 1.85. The highest BCUT2D eigenvalue weighted by Gasteiger charge is 2.24. The summed E-state index contributed by atoms with van der Waals surface area (Å²) >= 11 is 0. The van der Waals surface area contributed by atoms with Gasteiger partial charge in [-0.25, -0.2) is 0 Å². The van der Waals surface area contributed by atoms with Gasteiger partial charge in [-0.3, -0.25) is 4.68 Å². The molecule has 1 heterocycles. The molecule has 1 aliphatic rings. The molecule has 0 aliphatic heterocycles. The molecule has 0 amide bonds. The summed E-state index contributed by atoms with van der Waals surface area (Å²) in [5.74, 6) is 0.429. The second kappa shape index (κ2) is 6.34. The number of nitrogens with zero attached hydrogens (tertiary/aromatic N) is 2. The first-order chi connectivity index (χ1) is 8.74. The summed E-state index contributed by atoms with van der Waals surface area (Å²) in [5.41, 5.74) is 2.33. The zero-order valence-electron chi connectivity index (χ0n) is 11.5. The molecule has 1 aromatic heterocycles. The van der Waals surface area contributed by atoms with E-state index in [1.807, 2.05) is 6.92 Å². The van der Waals surface area contributed by atoms with E-state index >= 15 is 0 Å². The van der Waals surface area contributed by atoms with E-state index in [1.54, 1.807) is 0 Å². The topological polar surface area (TPSA) is 50.1 Å². The maximum atomic E-state index is 9.41. The number of aromatic nitrogens is 2. The van der Waals surface area contributed by atoms with Crippen LogP contribution in [0.5, 0.6) is 0 Å². The molecule has 2 atom stereocenters. The van der Waals surface area contributed by atoms with Crippen LogP contribution in [-0.4, -0.2) is 27.5 Å². The fourth-order valence-corrected chi connectivity index (χ4v) is 2.95. The van der Waals surface area contributed by atoms with Crippen LogP contribution in [0, 0.1) is 12.8 Å². The Balaban J connectivity index is 1.93. The SMILES string of the molecule is CCn1nc(C)cc1CNC1CCCCC1CO. The molecular formula is C14H25N3O. The average Bonchev–Trinajstić information content (AvgIpc) is 2.77. The molecule has 1 saturated carbocycles. The average molecular weight is 251 g/mol. The maximum absolute atomic E-state index is 9.41. The van der Waals surface area contributed by atoms with Crippen LogP contribution >= 0.6 is 0 Å². The minimum atomic E-state index is 0.309. The lowest BCUT2D eigenvalue weighted by Gasteiger charge is -2.31. The van der Waals surface area contributed by atoms with Crippen molar-refractivity contribution in [2.45, 2.75) is 58.7 Å². The Bertz CT molecular complexity index is 375. The lowest BCUT2D eigenvalue weighted by molar-refractivity contribution is 0.152. The number of nitrogens with one attached hydrogen (secondary N) is 1. The number of aliphatic hydroxyl groups is 1. The van der Waals surface area contributed by atoms with E-state index in [2.05, 4.69) is 28.1 Å². The second-order valence-electron chi connectivity index (χ2n) is 5.31. The van der Waals surface area contributed by atoms with Gasteiger partial charge in [-0.2, -0.15) is 5.10 Å². The van der Waals surface area contributed by atoms with Crippen LogP contribution in [0.2, 0.25) is 0 Å². The van der Waals surface area contributed by atoms with Crippen LogP contribution in [0.3, 0.4) is 0 Å². The van der Waals surface area contributed by atoms with Gasteiger partial charge in [0.15, 0.2) is 0 Å². The Kier molecular flexibility index (Phi) is 4.78. The number of aliphatic hydroxyl groups excluding tert-OH is 1. The third-order valence-electron chi connectivity index (χ3n) is 3.97. The Morgan fingerprint density at radius 1 is 1.44 bits per heavy atom. The van der Waals surface area contributed by atoms with Crippen LogP contribution in [0.25, 0.3) is 0 Å². The summed E-state index contributed by atoms with van der Waals surface area (Å²) < 4.78 is 2.05. The first-order valence-corrected chi connectivity index (χ1v) is 7.12. The fourth-order valence-electron chi connectivity index (χ4n) is 2.95. The Hall–Kier alpha value is -0.870. The van der Waals surface area contributed by atoms with Crippen molar-refractivity contribution < 1.29 is 5.11 Å². The molecule has 2 rings (SSSR count). The maximum Gasteiger partial charge on any atom is 0.0597 e. The molecule has 4 nitrogen and oxygen atoms in total. The van der Waals surface area contributed by atoms with Crippen LogP contribution in [-0.2, 0) is 13.1 Å². The van der Waals surface area contributed by atoms with Gasteiger partial charge in [0, 0.05) is 25.7 Å². The number of hydrogen-bond donors (Lipinski definition) is 2. The highest BCUT2D eigenvalue weighted by atomic mass is 16.3. The van der Waals surface area contributed by atoms with E-state index < -0.39 is 0 Å². The molecule has 0 spiro atoms. The molecule has 2 N–H and O–H groups in total. The normalized spacial score (nSPS) is 24.4. The fraction of sp³-hybridized carbons (Fsp3) is 0.786. The van der Waals surface area contributed by atoms with Crippen molar-refractivity contribution in [1.82, 2.24) is 15.1 Å². The van der Waals surface area contributed by atoms with Crippen LogP contribution in [0.1, 0.15) is 44.0 Å². The van der Waals surface area contributed by atoms with Gasteiger partial charge in [0.1, 0.15) is 0 Å². The van der Waals surface area contributed by atoms with Gasteiger partial charge in [0.2, 0.25) is 0 Å². The molecule has 2 unspecified atom stereocenters. The first kappa shape index (κ1) is 13.6. The molecule has 0 radical (unpaired) electrons. The zero-order chi connectivity index (χ0) is 13.0. The minimum absolute atomic E-state index is 0.309. The van der Waals surface area contributed by atoms with Crippen molar-refractivity contribution in [3.05, 3.63) is 17.5 Å². The van der Waals surface area contributed by atoms with Gasteiger partial charge < -0.3 is 10.4 Å². The molecule has 102 valence electrons. The molecule has 18 heavy (non-hydrogen) atoms. The van der Waals surface area contributed by atoms with Crippen LogP contribution in [0.15, 0.2) is 6.07 Å². The molecule has 0 aromatic carbocycles. The van der Waals surface area contributed by atoms with Crippen molar-refractivity contribution in [3.63, 3.8) is 0 Å². The smallest absolute Gasteiger partial charge is 0.0597 e. The van der Waals surface area contributed by atoms with Gasteiger partial charge >= 0.3 is 0 Å². The third-order valence-corrected chi connectivity index (χ3v) is 3.97. The van der Waals surface area contributed by atoms with Crippen molar-refractivity contribution in [3.8, 4) is 0 Å². The van der Waals surface area contributed by atoms with Crippen molar-refractivity contribution in [2.24, 2.45) is 5.92 Å². The van der Waals surface area contributed by atoms with Gasteiger partial charge in [0.25, 0.3) is 0 Å². The van der Waals surface area contributed by atoms with Crippen molar-refractivity contribution >= 4 is 0 Å². The van der Waals surface area contributed by atoms with Crippen molar-refractivity contribution in [2.75, 3.05) is 6.61 Å². The van der Waals surface area contributed by atoms with Crippen LogP contribution < -0.4 is 5.32 Å². The molecule has 4 heteroatoms. The van der Waals surface area contributed by atoms with E-state index in [0.29, 0.717) is 18.6 Å². The summed E-state index contributed by atoms with van der Waals surface area (Å²) in [7, 11) is 0. The Morgan fingerprint density at radius 3 is 2.94 bits per heavy atom. The molecule has 1 aliphatic carbocycles. The lowest BCUT2D eigenvalue weighted by Crippen LogP contribution is -2.40. The van der Waals surface area contributed by atoms with Gasteiger partial charge in [-0.05, 0) is 38.7 Å². The molecule has 0 bridgehead atoms. The molecule has 1 aromatic rings. The standard InChI is InChI=1S/C14H25N3O/c1-3-17-13(8-11(2)16-17)9-15-14-7-5-4-6-12(14)10-18/h8,12,14-15,18H,3-7,9-10H2,1-2H3. The number of hydrogen-bond acceptors (Lipinski definition) is 3. The van der Waals surface area contributed by atoms with Gasteiger partial charge in [-0.15, -0.1) is 0 Å². The Morgan fingerprint density at radius 2 is 2.22 bits per heavy atom. The van der Waals surface area contributed by atoms with E-state index in [-0.39, 0.29) is 0 Å². The minimum Gasteiger partial charge on any atom is -0.396 e. The third kappa shape index (κ3) is 3.12. The summed E-state index contributed by atoms with van der Waals surface area (Å²) in [6, 6.07) is 2.61. The first-order valence-electron chi connectivity index (χ1n) is 7.12. The van der Waals surface area contributed by atoms with Crippen LogP contribution in [0.4, 0.5) is 0 Å². The van der Waals surface area contributed by atoms with E-state index in [4.69, 9.17) is 0 Å². The second-order valence-corrected chi connectivity index (χ2v) is 5.31. The summed E-state index contributed by atoms with van der Waals surface area (Å²) in [5, 5.41) is 17.5. The predicted molar refractivity (Wildman–Crippen MR) is 72.3 cm³/mol. The van der Waals surface area contributed by atoms with Gasteiger partial charge in [-0.1, -0.05) is 12.8 Å². The zero-order valence-corrected chi connectivity index (χ0v) is 11.5. The number of aryl methyl sites for hydroxylation is 2. The summed E-state index contributed by atoms with van der Waals surface area (Å²) in [6.07, 6.45) is 4.88. The van der Waals surface area contributed by atoms with Gasteiger partial charge in [0.05, 0.1) is 11.4 Å². The molecule has 0 saturated heterocycles. The summed E-state index contributed by atoms with van der Waals surface area (Å²) in [4.78, 5) is 0. The molecular weight excluding hydrogens is 226 g/mol. The number of rotatable bonds is 5. The molecule has 1 fully saturated rings. The highest BCUT2D eigenvalue weighted by Crippen LogP contribution is 2.24. The van der Waals surface area contributed by atoms with E-state index in [0.717, 1.165) is 25.2 Å².